The Hall–Kier alpha value is -2.72. The summed E-state index contributed by atoms with van der Waals surface area (Å²) in [5.41, 5.74) is 3.69. The van der Waals surface area contributed by atoms with Gasteiger partial charge in [-0.2, -0.15) is 5.10 Å². The molecule has 5 heteroatoms. The third-order valence-corrected chi connectivity index (χ3v) is 4.29. The lowest BCUT2D eigenvalue weighted by Crippen LogP contribution is -2.07. The number of aromatic nitrogens is 4. The van der Waals surface area contributed by atoms with Crippen LogP contribution in [0, 0.1) is 0 Å². The Labute approximate surface area is 151 Å². The van der Waals surface area contributed by atoms with Gasteiger partial charge in [0.2, 0.25) is 0 Å². The third-order valence-electron chi connectivity index (χ3n) is 4.04. The van der Waals surface area contributed by atoms with Gasteiger partial charge in [0.25, 0.3) is 0 Å². The summed E-state index contributed by atoms with van der Waals surface area (Å²) >= 11 is 5.99. The average Bonchev–Trinajstić information content (AvgIpc) is 3.06. The van der Waals surface area contributed by atoms with Crippen LogP contribution in [0.25, 0.3) is 28.3 Å². The molecule has 25 heavy (non-hydrogen) atoms. The van der Waals surface area contributed by atoms with Crippen molar-refractivity contribution >= 4 is 17.2 Å². The standard InChI is InChI=1S/C20H17ClN4/c1-13(2)20-23-19(15-8-10-16(21)11-9-15)22-18-12-17(24-25(18)20)14-6-4-3-5-7-14/h3-13H,1-2H3. The van der Waals surface area contributed by atoms with E-state index in [1.165, 1.54) is 0 Å². The quantitative estimate of drug-likeness (QED) is 0.508. The Morgan fingerprint density at radius 3 is 2.28 bits per heavy atom. The minimum absolute atomic E-state index is 0.222. The van der Waals surface area contributed by atoms with Gasteiger partial charge in [-0.1, -0.05) is 55.8 Å². The minimum atomic E-state index is 0.222. The maximum absolute atomic E-state index is 5.99. The summed E-state index contributed by atoms with van der Waals surface area (Å²) < 4.78 is 1.84. The Balaban J connectivity index is 1.91. The fraction of sp³-hybridized carbons (Fsp3) is 0.150. The average molecular weight is 349 g/mol. The monoisotopic (exact) mass is 348 g/mol. The molecule has 0 bridgehead atoms. The molecular formula is C20H17ClN4. The van der Waals surface area contributed by atoms with Crippen molar-refractivity contribution in [2.45, 2.75) is 19.8 Å². The van der Waals surface area contributed by atoms with Crippen LogP contribution in [0.2, 0.25) is 5.02 Å². The fourth-order valence-corrected chi connectivity index (χ4v) is 2.89. The lowest BCUT2D eigenvalue weighted by Gasteiger charge is -2.09. The lowest BCUT2D eigenvalue weighted by atomic mass is 10.1. The molecule has 0 aliphatic rings. The van der Waals surface area contributed by atoms with E-state index in [1.807, 2.05) is 65.2 Å². The summed E-state index contributed by atoms with van der Waals surface area (Å²) in [7, 11) is 0. The van der Waals surface area contributed by atoms with Crippen molar-refractivity contribution < 1.29 is 0 Å². The summed E-state index contributed by atoms with van der Waals surface area (Å²) in [6.07, 6.45) is 0. The normalized spacial score (nSPS) is 11.4. The number of halogens is 1. The lowest BCUT2D eigenvalue weighted by molar-refractivity contribution is 0.705. The molecule has 0 unspecified atom stereocenters. The van der Waals surface area contributed by atoms with E-state index in [4.69, 9.17) is 26.7 Å². The first-order chi connectivity index (χ1) is 12.1. The van der Waals surface area contributed by atoms with Crippen LogP contribution in [0.3, 0.4) is 0 Å². The Morgan fingerprint density at radius 1 is 0.880 bits per heavy atom. The van der Waals surface area contributed by atoms with Crippen LogP contribution in [0.4, 0.5) is 0 Å². The van der Waals surface area contributed by atoms with Gasteiger partial charge in [-0.15, -0.1) is 0 Å². The van der Waals surface area contributed by atoms with Crippen molar-refractivity contribution in [1.82, 2.24) is 19.6 Å². The number of nitrogens with zero attached hydrogens (tertiary/aromatic N) is 4. The number of fused-ring (bicyclic) bond motifs is 1. The van der Waals surface area contributed by atoms with Crippen molar-refractivity contribution in [2.75, 3.05) is 0 Å². The van der Waals surface area contributed by atoms with Crippen LogP contribution in [0.5, 0.6) is 0 Å². The van der Waals surface area contributed by atoms with E-state index in [0.717, 1.165) is 28.3 Å². The van der Waals surface area contributed by atoms with E-state index in [1.54, 1.807) is 0 Å². The molecule has 0 radical (unpaired) electrons. The van der Waals surface area contributed by atoms with Gasteiger partial charge in [0, 0.05) is 28.1 Å². The third kappa shape index (κ3) is 3.01. The smallest absolute Gasteiger partial charge is 0.163 e. The highest BCUT2D eigenvalue weighted by Crippen LogP contribution is 2.25. The highest BCUT2D eigenvalue weighted by atomic mass is 35.5. The Bertz CT molecular complexity index is 1020. The maximum Gasteiger partial charge on any atom is 0.163 e. The zero-order chi connectivity index (χ0) is 17.4. The molecule has 2 aromatic heterocycles. The van der Waals surface area contributed by atoms with Gasteiger partial charge < -0.3 is 0 Å². The van der Waals surface area contributed by atoms with Crippen molar-refractivity contribution in [1.29, 1.82) is 0 Å². The summed E-state index contributed by atoms with van der Waals surface area (Å²) in [4.78, 5) is 9.46. The van der Waals surface area contributed by atoms with Gasteiger partial charge in [0.1, 0.15) is 5.82 Å². The van der Waals surface area contributed by atoms with Crippen LogP contribution < -0.4 is 0 Å². The molecule has 0 amide bonds. The van der Waals surface area contributed by atoms with Crippen molar-refractivity contribution in [2.24, 2.45) is 0 Å². The van der Waals surface area contributed by atoms with Crippen LogP contribution in [0.1, 0.15) is 25.6 Å². The van der Waals surface area contributed by atoms with Crippen LogP contribution >= 0.6 is 11.6 Å². The largest absolute Gasteiger partial charge is 0.213 e. The number of rotatable bonds is 3. The van der Waals surface area contributed by atoms with Crippen LogP contribution in [-0.2, 0) is 0 Å². The molecule has 2 heterocycles. The molecule has 4 rings (SSSR count). The SMILES string of the molecule is CC(C)c1nc(-c2ccc(Cl)cc2)nc2cc(-c3ccccc3)nn12. The molecular weight excluding hydrogens is 332 g/mol. The Morgan fingerprint density at radius 2 is 1.60 bits per heavy atom. The second-order valence-electron chi connectivity index (χ2n) is 6.23. The van der Waals surface area contributed by atoms with E-state index in [2.05, 4.69) is 13.8 Å². The molecule has 0 saturated heterocycles. The highest BCUT2D eigenvalue weighted by Gasteiger charge is 2.15. The fourth-order valence-electron chi connectivity index (χ4n) is 2.76. The molecule has 2 aromatic carbocycles. The first-order valence-electron chi connectivity index (χ1n) is 8.21. The zero-order valence-electron chi connectivity index (χ0n) is 14.0. The molecule has 4 aromatic rings. The van der Waals surface area contributed by atoms with Crippen LogP contribution in [0.15, 0.2) is 60.7 Å². The van der Waals surface area contributed by atoms with Gasteiger partial charge in [-0.05, 0) is 24.3 Å². The van der Waals surface area contributed by atoms with Crippen LogP contribution in [-0.4, -0.2) is 19.6 Å². The number of hydrogen-bond donors (Lipinski definition) is 0. The van der Waals surface area contributed by atoms with E-state index in [-0.39, 0.29) is 5.92 Å². The maximum atomic E-state index is 5.99. The first-order valence-corrected chi connectivity index (χ1v) is 8.58. The van der Waals surface area contributed by atoms with E-state index in [0.29, 0.717) is 10.8 Å². The predicted molar refractivity (Wildman–Crippen MR) is 101 cm³/mol. The van der Waals surface area contributed by atoms with E-state index < -0.39 is 0 Å². The first kappa shape index (κ1) is 15.8. The molecule has 0 atom stereocenters. The predicted octanol–water partition coefficient (Wildman–Crippen LogP) is 5.24. The number of benzene rings is 2. The topological polar surface area (TPSA) is 43.1 Å². The molecule has 124 valence electrons. The molecule has 0 aliphatic heterocycles. The van der Waals surface area contributed by atoms with Crippen molar-refractivity contribution in [3.63, 3.8) is 0 Å². The second-order valence-corrected chi connectivity index (χ2v) is 6.67. The number of hydrogen-bond acceptors (Lipinski definition) is 3. The Kier molecular flexibility index (Phi) is 3.98. The van der Waals surface area contributed by atoms with E-state index >= 15 is 0 Å². The zero-order valence-corrected chi connectivity index (χ0v) is 14.8. The van der Waals surface area contributed by atoms with Crippen molar-refractivity contribution in [3.8, 4) is 22.6 Å². The summed E-state index contributed by atoms with van der Waals surface area (Å²) in [5, 5.41) is 5.42. The molecule has 0 aliphatic carbocycles. The highest BCUT2D eigenvalue weighted by molar-refractivity contribution is 6.30. The van der Waals surface area contributed by atoms with Crippen molar-refractivity contribution in [3.05, 3.63) is 71.5 Å². The van der Waals surface area contributed by atoms with Gasteiger partial charge in [-0.25, -0.2) is 14.5 Å². The molecule has 4 nitrogen and oxygen atoms in total. The summed E-state index contributed by atoms with van der Waals surface area (Å²) in [5.74, 6) is 1.80. The van der Waals surface area contributed by atoms with Gasteiger partial charge in [0.05, 0.1) is 5.69 Å². The minimum Gasteiger partial charge on any atom is -0.213 e. The summed E-state index contributed by atoms with van der Waals surface area (Å²) in [6.45, 7) is 4.22. The second kappa shape index (κ2) is 6.30. The molecule has 0 saturated carbocycles. The molecule has 0 fully saturated rings. The molecule has 0 N–H and O–H groups in total. The van der Waals surface area contributed by atoms with Gasteiger partial charge >= 0.3 is 0 Å². The molecule has 0 spiro atoms. The summed E-state index contributed by atoms with van der Waals surface area (Å²) in [6, 6.07) is 19.7. The van der Waals surface area contributed by atoms with Gasteiger partial charge in [-0.3, -0.25) is 0 Å². The van der Waals surface area contributed by atoms with Gasteiger partial charge in [0.15, 0.2) is 11.5 Å². The van der Waals surface area contributed by atoms with E-state index in [9.17, 15) is 0 Å².